The largest absolute Gasteiger partial charge is 0.436 e. The maximum absolute atomic E-state index is 13.8. The molecule has 0 aliphatic rings. The van der Waals surface area contributed by atoms with Gasteiger partial charge in [0.1, 0.15) is 11.6 Å². The van der Waals surface area contributed by atoms with Crippen LogP contribution in [-0.2, 0) is 5.88 Å². The van der Waals surface area contributed by atoms with Crippen LogP contribution in [0.4, 0.5) is 8.78 Å². The zero-order chi connectivity index (χ0) is 13.1. The number of benzene rings is 1. The van der Waals surface area contributed by atoms with Gasteiger partial charge in [-0.05, 0) is 40.2 Å². The minimum absolute atomic E-state index is 0.0256. The summed E-state index contributed by atoms with van der Waals surface area (Å²) in [5.74, 6) is -0.927. The van der Waals surface area contributed by atoms with Gasteiger partial charge in [0.15, 0.2) is 5.82 Å². The van der Waals surface area contributed by atoms with E-state index in [0.29, 0.717) is 5.56 Å². The molecule has 2 nitrogen and oxygen atoms in total. The first-order chi connectivity index (χ1) is 8.61. The zero-order valence-electron chi connectivity index (χ0n) is 8.96. The number of aromatic nitrogens is 1. The Bertz CT molecular complexity index is 580. The summed E-state index contributed by atoms with van der Waals surface area (Å²) in [6.07, 6.45) is 1.40. The standard InChI is InChI=1S/C12H7BrClF2NO/c13-9-5-8(1-2-10(9)15)18-12-11(16)7(6-14)3-4-17-12/h1-5H,6H2. The van der Waals surface area contributed by atoms with E-state index < -0.39 is 11.6 Å². The first-order valence-corrected chi connectivity index (χ1v) is 6.27. The van der Waals surface area contributed by atoms with Crippen LogP contribution >= 0.6 is 27.5 Å². The summed E-state index contributed by atoms with van der Waals surface area (Å²) in [6.45, 7) is 0. The monoisotopic (exact) mass is 333 g/mol. The maximum Gasteiger partial charge on any atom is 0.256 e. The highest BCUT2D eigenvalue weighted by atomic mass is 79.9. The molecule has 0 unspecified atom stereocenters. The van der Waals surface area contributed by atoms with Crippen LogP contribution in [0.25, 0.3) is 0 Å². The summed E-state index contributed by atoms with van der Waals surface area (Å²) in [6, 6.07) is 5.46. The molecule has 0 saturated heterocycles. The quantitative estimate of drug-likeness (QED) is 0.762. The lowest BCUT2D eigenvalue weighted by Crippen LogP contribution is -1.96. The third-order valence-corrected chi connectivity index (χ3v) is 3.08. The Morgan fingerprint density at radius 2 is 2.06 bits per heavy atom. The molecule has 2 aromatic rings. The summed E-state index contributed by atoms with van der Waals surface area (Å²) in [5, 5.41) is 0. The maximum atomic E-state index is 13.8. The van der Waals surface area contributed by atoms with Gasteiger partial charge in [-0.25, -0.2) is 13.8 Å². The fourth-order valence-electron chi connectivity index (χ4n) is 1.29. The average molecular weight is 335 g/mol. The molecule has 0 aliphatic heterocycles. The second-order valence-corrected chi connectivity index (χ2v) is 4.52. The number of ether oxygens (including phenoxy) is 1. The molecule has 1 aromatic heterocycles. The smallest absolute Gasteiger partial charge is 0.256 e. The van der Waals surface area contributed by atoms with Crippen molar-refractivity contribution in [1.29, 1.82) is 0 Å². The third-order valence-electron chi connectivity index (χ3n) is 2.19. The van der Waals surface area contributed by atoms with Crippen molar-refractivity contribution in [3.05, 3.63) is 52.1 Å². The minimum Gasteiger partial charge on any atom is -0.436 e. The van der Waals surface area contributed by atoms with E-state index in [1.54, 1.807) is 0 Å². The summed E-state index contributed by atoms with van der Waals surface area (Å²) in [5.41, 5.74) is 0.294. The van der Waals surface area contributed by atoms with E-state index in [1.165, 1.54) is 30.5 Å². The van der Waals surface area contributed by atoms with Gasteiger partial charge in [0.25, 0.3) is 5.88 Å². The van der Waals surface area contributed by atoms with Crippen molar-refractivity contribution in [2.75, 3.05) is 0 Å². The number of pyridine rings is 1. The Morgan fingerprint density at radius 1 is 1.28 bits per heavy atom. The van der Waals surface area contributed by atoms with Gasteiger partial charge in [-0.3, -0.25) is 0 Å². The molecule has 94 valence electrons. The highest BCUT2D eigenvalue weighted by molar-refractivity contribution is 9.10. The molecule has 0 N–H and O–H groups in total. The Kier molecular flexibility index (Phi) is 4.14. The molecule has 0 atom stereocenters. The molecular formula is C12H7BrClF2NO. The molecule has 2 rings (SSSR count). The van der Waals surface area contributed by atoms with E-state index in [4.69, 9.17) is 16.3 Å². The predicted octanol–water partition coefficient (Wildman–Crippen LogP) is 4.65. The van der Waals surface area contributed by atoms with Crippen LogP contribution in [0, 0.1) is 11.6 Å². The molecule has 0 spiro atoms. The Morgan fingerprint density at radius 3 is 2.72 bits per heavy atom. The number of alkyl halides is 1. The van der Waals surface area contributed by atoms with Crippen LogP contribution in [0.3, 0.4) is 0 Å². The molecule has 0 fully saturated rings. The van der Waals surface area contributed by atoms with E-state index in [1.807, 2.05) is 0 Å². The van der Waals surface area contributed by atoms with Crippen LogP contribution in [0.2, 0.25) is 0 Å². The van der Waals surface area contributed by atoms with Gasteiger partial charge in [-0.1, -0.05) is 0 Å². The molecule has 1 aromatic carbocycles. The highest BCUT2D eigenvalue weighted by Crippen LogP contribution is 2.28. The van der Waals surface area contributed by atoms with Crippen molar-refractivity contribution in [3.8, 4) is 11.6 Å². The van der Waals surface area contributed by atoms with E-state index in [9.17, 15) is 8.78 Å². The Labute approximate surface area is 116 Å². The molecular weight excluding hydrogens is 327 g/mol. The summed E-state index contributed by atoms with van der Waals surface area (Å²) >= 11 is 8.59. The minimum atomic E-state index is -0.618. The number of rotatable bonds is 3. The molecule has 18 heavy (non-hydrogen) atoms. The lowest BCUT2D eigenvalue weighted by molar-refractivity contribution is 0.419. The first-order valence-electron chi connectivity index (χ1n) is 4.94. The van der Waals surface area contributed by atoms with E-state index in [0.717, 1.165) is 0 Å². The van der Waals surface area contributed by atoms with Gasteiger partial charge in [0, 0.05) is 11.8 Å². The van der Waals surface area contributed by atoms with Crippen molar-refractivity contribution in [1.82, 2.24) is 4.98 Å². The third kappa shape index (κ3) is 2.79. The van der Waals surface area contributed by atoms with Gasteiger partial charge in [0.2, 0.25) is 0 Å². The number of hydrogen-bond acceptors (Lipinski definition) is 2. The van der Waals surface area contributed by atoms with Crippen LogP contribution in [0.1, 0.15) is 5.56 Å². The first kappa shape index (κ1) is 13.2. The molecule has 0 saturated carbocycles. The molecule has 1 heterocycles. The van der Waals surface area contributed by atoms with Gasteiger partial charge in [-0.2, -0.15) is 0 Å². The fourth-order valence-corrected chi connectivity index (χ4v) is 1.85. The van der Waals surface area contributed by atoms with Crippen molar-refractivity contribution in [2.45, 2.75) is 5.88 Å². The van der Waals surface area contributed by atoms with Crippen LogP contribution in [-0.4, -0.2) is 4.98 Å². The van der Waals surface area contributed by atoms with E-state index >= 15 is 0 Å². The average Bonchev–Trinajstić information content (AvgIpc) is 2.36. The van der Waals surface area contributed by atoms with Crippen molar-refractivity contribution >= 4 is 27.5 Å². The van der Waals surface area contributed by atoms with E-state index in [-0.39, 0.29) is 22.0 Å². The van der Waals surface area contributed by atoms with Gasteiger partial charge in [0.05, 0.1) is 10.4 Å². The predicted molar refractivity (Wildman–Crippen MR) is 67.9 cm³/mol. The van der Waals surface area contributed by atoms with Crippen LogP contribution in [0.5, 0.6) is 11.6 Å². The number of halogens is 4. The van der Waals surface area contributed by atoms with Gasteiger partial charge in [-0.15, -0.1) is 11.6 Å². The van der Waals surface area contributed by atoms with Crippen molar-refractivity contribution in [2.24, 2.45) is 0 Å². The summed E-state index contributed by atoms with van der Waals surface area (Å²) in [4.78, 5) is 3.77. The molecule has 6 heteroatoms. The number of hydrogen-bond donors (Lipinski definition) is 0. The normalized spacial score (nSPS) is 10.4. The highest BCUT2D eigenvalue weighted by Gasteiger charge is 2.11. The second-order valence-electron chi connectivity index (χ2n) is 3.40. The summed E-state index contributed by atoms with van der Waals surface area (Å²) in [7, 11) is 0. The molecule has 0 aliphatic carbocycles. The second kappa shape index (κ2) is 5.63. The Hall–Kier alpha value is -1.20. The topological polar surface area (TPSA) is 22.1 Å². The van der Waals surface area contributed by atoms with Crippen molar-refractivity contribution < 1.29 is 13.5 Å². The summed E-state index contributed by atoms with van der Waals surface area (Å²) < 4.78 is 32.3. The zero-order valence-corrected chi connectivity index (χ0v) is 11.3. The van der Waals surface area contributed by atoms with Crippen LogP contribution < -0.4 is 4.74 Å². The molecule has 0 radical (unpaired) electrons. The molecule has 0 amide bonds. The van der Waals surface area contributed by atoms with E-state index in [2.05, 4.69) is 20.9 Å². The Balaban J connectivity index is 2.31. The SMILES string of the molecule is Fc1ccc(Oc2nccc(CCl)c2F)cc1Br. The van der Waals surface area contributed by atoms with Crippen molar-refractivity contribution in [3.63, 3.8) is 0 Å². The lowest BCUT2D eigenvalue weighted by Gasteiger charge is -2.07. The fraction of sp³-hybridized carbons (Fsp3) is 0.0833. The van der Waals surface area contributed by atoms with Gasteiger partial charge >= 0.3 is 0 Å². The van der Waals surface area contributed by atoms with Crippen LogP contribution in [0.15, 0.2) is 34.9 Å². The number of nitrogens with zero attached hydrogens (tertiary/aromatic N) is 1. The van der Waals surface area contributed by atoms with Gasteiger partial charge < -0.3 is 4.74 Å². The molecule has 0 bridgehead atoms. The lowest BCUT2D eigenvalue weighted by atomic mass is 10.3.